The Bertz CT molecular complexity index is 1240. The molecule has 0 spiro atoms. The van der Waals surface area contributed by atoms with Crippen LogP contribution in [-0.2, 0) is 11.4 Å². The van der Waals surface area contributed by atoms with Gasteiger partial charge in [-0.05, 0) is 65.7 Å². The van der Waals surface area contributed by atoms with Crippen LogP contribution in [0.3, 0.4) is 0 Å². The number of rotatable bonds is 9. The summed E-state index contributed by atoms with van der Waals surface area (Å²) in [7, 11) is 3.03. The van der Waals surface area contributed by atoms with E-state index in [1.54, 1.807) is 61.7 Å². The number of amides is 1. The monoisotopic (exact) mass is 458 g/mol. The summed E-state index contributed by atoms with van der Waals surface area (Å²) in [6.07, 6.45) is 1.45. The third-order valence-corrected chi connectivity index (χ3v) is 4.81. The minimum Gasteiger partial charge on any atom is -0.497 e. The maximum absolute atomic E-state index is 12.5. The van der Waals surface area contributed by atoms with Crippen LogP contribution in [0.15, 0.2) is 72.3 Å². The summed E-state index contributed by atoms with van der Waals surface area (Å²) < 4.78 is 16.3. The molecule has 0 aliphatic heterocycles. The van der Waals surface area contributed by atoms with Crippen LogP contribution in [0, 0.1) is 11.3 Å². The Labute approximate surface area is 196 Å². The molecule has 0 fully saturated rings. The van der Waals surface area contributed by atoms with Gasteiger partial charge in [0.1, 0.15) is 24.0 Å². The lowest BCUT2D eigenvalue weighted by Crippen LogP contribution is -2.13. The van der Waals surface area contributed by atoms with Crippen molar-refractivity contribution in [3.05, 3.63) is 89.0 Å². The van der Waals surface area contributed by atoms with Gasteiger partial charge in [0, 0.05) is 5.69 Å². The van der Waals surface area contributed by atoms with Gasteiger partial charge in [-0.2, -0.15) is 5.26 Å². The van der Waals surface area contributed by atoms with Crippen molar-refractivity contribution in [1.82, 2.24) is 0 Å². The number of hydrogen-bond acceptors (Lipinski definition) is 6. The van der Waals surface area contributed by atoms with E-state index in [1.165, 1.54) is 25.3 Å². The Morgan fingerprint density at radius 2 is 1.68 bits per heavy atom. The first-order valence-corrected chi connectivity index (χ1v) is 10.1. The Balaban J connectivity index is 1.71. The maximum Gasteiger partial charge on any atom is 0.335 e. The van der Waals surface area contributed by atoms with Gasteiger partial charge in [0.05, 0.1) is 19.8 Å². The quantitative estimate of drug-likeness (QED) is 0.357. The first-order chi connectivity index (χ1) is 16.4. The molecule has 3 aromatic carbocycles. The van der Waals surface area contributed by atoms with Crippen LogP contribution in [0.4, 0.5) is 5.69 Å². The average molecular weight is 458 g/mol. The van der Waals surface area contributed by atoms with Crippen molar-refractivity contribution in [2.24, 2.45) is 0 Å². The van der Waals surface area contributed by atoms with Crippen LogP contribution in [0.1, 0.15) is 21.5 Å². The molecule has 0 bridgehead atoms. The molecular formula is C26H22N2O6. The summed E-state index contributed by atoms with van der Waals surface area (Å²) >= 11 is 0. The van der Waals surface area contributed by atoms with E-state index in [9.17, 15) is 14.9 Å². The van der Waals surface area contributed by atoms with Crippen molar-refractivity contribution >= 4 is 23.6 Å². The van der Waals surface area contributed by atoms with Crippen LogP contribution >= 0.6 is 0 Å². The number of methoxy groups -OCH3 is 2. The summed E-state index contributed by atoms with van der Waals surface area (Å²) in [6.45, 7) is 0.207. The molecule has 0 heterocycles. The third-order valence-electron chi connectivity index (χ3n) is 4.81. The zero-order chi connectivity index (χ0) is 24.5. The SMILES string of the molecule is COc1ccc(NC(=O)/C(C#N)=C/c2ccc(OCc3ccc(C(=O)O)cc3)c(OC)c2)cc1. The van der Waals surface area contributed by atoms with Crippen LogP contribution < -0.4 is 19.5 Å². The Kier molecular flexibility index (Phi) is 7.87. The van der Waals surface area contributed by atoms with Gasteiger partial charge in [0.2, 0.25) is 0 Å². The predicted molar refractivity (Wildman–Crippen MR) is 126 cm³/mol. The van der Waals surface area contributed by atoms with Crippen molar-refractivity contribution in [1.29, 1.82) is 5.26 Å². The van der Waals surface area contributed by atoms with Gasteiger partial charge in [-0.25, -0.2) is 4.79 Å². The topological polar surface area (TPSA) is 118 Å². The van der Waals surface area contributed by atoms with Crippen LogP contribution in [0.5, 0.6) is 17.2 Å². The number of hydrogen-bond donors (Lipinski definition) is 2. The molecule has 0 unspecified atom stereocenters. The largest absolute Gasteiger partial charge is 0.497 e. The van der Waals surface area contributed by atoms with E-state index in [2.05, 4.69) is 5.32 Å². The zero-order valence-corrected chi connectivity index (χ0v) is 18.6. The highest BCUT2D eigenvalue weighted by Gasteiger charge is 2.12. The molecule has 3 rings (SSSR count). The van der Waals surface area contributed by atoms with Gasteiger partial charge in [-0.15, -0.1) is 0 Å². The molecule has 0 atom stereocenters. The van der Waals surface area contributed by atoms with Crippen LogP contribution in [0.25, 0.3) is 6.08 Å². The minimum atomic E-state index is -0.993. The van der Waals surface area contributed by atoms with Crippen molar-refractivity contribution in [3.8, 4) is 23.3 Å². The van der Waals surface area contributed by atoms with Gasteiger partial charge in [-0.3, -0.25) is 4.79 Å². The normalized spacial score (nSPS) is 10.7. The van der Waals surface area contributed by atoms with Gasteiger partial charge >= 0.3 is 5.97 Å². The maximum atomic E-state index is 12.5. The molecule has 0 saturated carbocycles. The highest BCUT2D eigenvalue weighted by atomic mass is 16.5. The average Bonchev–Trinajstić information content (AvgIpc) is 2.86. The molecule has 0 saturated heterocycles. The van der Waals surface area contributed by atoms with Crippen molar-refractivity contribution in [3.63, 3.8) is 0 Å². The number of carbonyl (C=O) groups is 2. The Hall–Kier alpha value is -4.77. The van der Waals surface area contributed by atoms with E-state index in [0.29, 0.717) is 28.5 Å². The number of aromatic carboxylic acids is 1. The van der Waals surface area contributed by atoms with E-state index < -0.39 is 11.9 Å². The second-order valence-corrected chi connectivity index (χ2v) is 7.05. The molecule has 0 aliphatic rings. The fourth-order valence-corrected chi connectivity index (χ4v) is 2.99. The second-order valence-electron chi connectivity index (χ2n) is 7.05. The first kappa shape index (κ1) is 23.9. The Morgan fingerprint density at radius 3 is 2.26 bits per heavy atom. The van der Waals surface area contributed by atoms with E-state index in [-0.39, 0.29) is 17.7 Å². The van der Waals surface area contributed by atoms with Gasteiger partial charge < -0.3 is 24.6 Å². The molecule has 2 N–H and O–H groups in total. The van der Waals surface area contributed by atoms with Crippen LogP contribution in [-0.4, -0.2) is 31.2 Å². The fraction of sp³-hybridized carbons (Fsp3) is 0.115. The van der Waals surface area contributed by atoms with Gasteiger partial charge in [-0.1, -0.05) is 18.2 Å². The molecule has 8 nitrogen and oxygen atoms in total. The van der Waals surface area contributed by atoms with E-state index in [1.807, 2.05) is 6.07 Å². The number of carbonyl (C=O) groups excluding carboxylic acids is 1. The standard InChI is InChI=1S/C26H22N2O6/c1-32-22-10-8-21(9-11-22)28-25(29)20(15-27)13-18-5-12-23(24(14-18)33-2)34-16-17-3-6-19(7-4-17)26(30)31/h3-14H,16H2,1-2H3,(H,28,29)(H,30,31)/b20-13+. The van der Waals surface area contributed by atoms with Gasteiger partial charge in [0.15, 0.2) is 11.5 Å². The number of nitrogens with one attached hydrogen (secondary N) is 1. The zero-order valence-electron chi connectivity index (χ0n) is 18.6. The number of carboxylic acid groups (broad SMARTS) is 1. The number of anilines is 1. The number of benzene rings is 3. The van der Waals surface area contributed by atoms with Gasteiger partial charge in [0.25, 0.3) is 5.91 Å². The lowest BCUT2D eigenvalue weighted by Gasteiger charge is -2.12. The molecule has 1 amide bonds. The lowest BCUT2D eigenvalue weighted by molar-refractivity contribution is -0.112. The fourth-order valence-electron chi connectivity index (χ4n) is 2.99. The molecule has 8 heteroatoms. The molecule has 0 aliphatic carbocycles. The Morgan fingerprint density at radius 1 is 0.971 bits per heavy atom. The van der Waals surface area contributed by atoms with E-state index >= 15 is 0 Å². The van der Waals surface area contributed by atoms with E-state index in [4.69, 9.17) is 19.3 Å². The lowest BCUT2D eigenvalue weighted by atomic mass is 10.1. The molecule has 0 radical (unpaired) electrons. The summed E-state index contributed by atoms with van der Waals surface area (Å²) in [5.41, 5.74) is 2.02. The van der Waals surface area contributed by atoms with Crippen molar-refractivity contribution in [2.75, 3.05) is 19.5 Å². The van der Waals surface area contributed by atoms with E-state index in [0.717, 1.165) is 5.56 Å². The minimum absolute atomic E-state index is 0.0786. The second kappa shape index (κ2) is 11.2. The molecule has 34 heavy (non-hydrogen) atoms. The molecule has 0 aromatic heterocycles. The highest BCUT2D eigenvalue weighted by molar-refractivity contribution is 6.09. The number of ether oxygens (including phenoxy) is 3. The summed E-state index contributed by atoms with van der Waals surface area (Å²) in [5, 5.41) is 21.1. The summed E-state index contributed by atoms with van der Waals surface area (Å²) in [4.78, 5) is 23.5. The molecular weight excluding hydrogens is 436 g/mol. The highest BCUT2D eigenvalue weighted by Crippen LogP contribution is 2.30. The number of carboxylic acids is 1. The third kappa shape index (κ3) is 6.14. The summed E-state index contributed by atoms with van der Waals surface area (Å²) in [5.74, 6) is -0.00314. The number of nitrogens with zero attached hydrogens (tertiary/aromatic N) is 1. The molecule has 3 aromatic rings. The van der Waals surface area contributed by atoms with Crippen molar-refractivity contribution < 1.29 is 28.9 Å². The predicted octanol–water partition coefficient (Wildman–Crippen LogP) is 4.53. The first-order valence-electron chi connectivity index (χ1n) is 10.1. The van der Waals surface area contributed by atoms with Crippen LogP contribution in [0.2, 0.25) is 0 Å². The number of nitriles is 1. The molecule has 172 valence electrons. The smallest absolute Gasteiger partial charge is 0.335 e. The van der Waals surface area contributed by atoms with Crippen molar-refractivity contribution in [2.45, 2.75) is 6.61 Å². The summed E-state index contributed by atoms with van der Waals surface area (Å²) in [6, 6.07) is 20.1.